The third-order valence-electron chi connectivity index (χ3n) is 4.69. The number of fused-ring (bicyclic) bond motifs is 1. The minimum atomic E-state index is -0.130. The lowest BCUT2D eigenvalue weighted by molar-refractivity contribution is 0.101. The fourth-order valence-electron chi connectivity index (χ4n) is 3.55. The van der Waals surface area contributed by atoms with Gasteiger partial charge in [-0.05, 0) is 57.6 Å². The quantitative estimate of drug-likeness (QED) is 0.882. The van der Waals surface area contributed by atoms with Crippen molar-refractivity contribution in [3.63, 3.8) is 0 Å². The molecule has 1 aliphatic carbocycles. The number of carbonyl (C=O) groups is 1. The first-order valence-electron chi connectivity index (χ1n) is 7.70. The van der Waals surface area contributed by atoms with Crippen molar-refractivity contribution >= 4 is 16.8 Å². The lowest BCUT2D eigenvalue weighted by Gasteiger charge is -2.26. The van der Waals surface area contributed by atoms with Crippen LogP contribution in [0, 0.1) is 12.8 Å². The first kappa shape index (κ1) is 14.3. The molecule has 4 nitrogen and oxygen atoms in total. The van der Waals surface area contributed by atoms with Crippen LogP contribution in [0.3, 0.4) is 0 Å². The van der Waals surface area contributed by atoms with Gasteiger partial charge >= 0.3 is 0 Å². The predicted octanol–water partition coefficient (Wildman–Crippen LogP) is 3.10. The van der Waals surface area contributed by atoms with Gasteiger partial charge in [0, 0.05) is 29.4 Å². The summed E-state index contributed by atoms with van der Waals surface area (Å²) in [5.74, 6) is 0.660. The van der Waals surface area contributed by atoms with Gasteiger partial charge in [-0.1, -0.05) is 0 Å². The Hall–Kier alpha value is -1.68. The molecule has 2 aromatic heterocycles. The Bertz CT molecular complexity index is 667. The molecule has 1 saturated carbocycles. The van der Waals surface area contributed by atoms with Crippen LogP contribution in [0.25, 0.3) is 11.0 Å². The Kier molecular flexibility index (Phi) is 3.81. The Morgan fingerprint density at radius 1 is 1.38 bits per heavy atom. The minimum Gasteiger partial charge on any atom is -0.393 e. The molecule has 0 amide bonds. The van der Waals surface area contributed by atoms with E-state index >= 15 is 0 Å². The highest BCUT2D eigenvalue weighted by Crippen LogP contribution is 2.30. The van der Waals surface area contributed by atoms with Gasteiger partial charge in [0.05, 0.1) is 6.10 Å². The second-order valence-corrected chi connectivity index (χ2v) is 6.18. The summed E-state index contributed by atoms with van der Waals surface area (Å²) in [6, 6.07) is 3.86. The van der Waals surface area contributed by atoms with Crippen molar-refractivity contribution in [1.29, 1.82) is 0 Å². The summed E-state index contributed by atoms with van der Waals surface area (Å²) in [5.41, 5.74) is 2.72. The standard InChI is InChI=1S/C17H22N2O2/c1-11-16(12(2)20)15-4-3-9-18-17(15)19(11)10-13-5-7-14(21)8-6-13/h3-4,9,13-14,21H,5-8,10H2,1-2H3. The Morgan fingerprint density at radius 2 is 2.10 bits per heavy atom. The molecule has 1 aliphatic rings. The number of Topliss-reactive ketones (excluding diaryl/α,β-unsaturated/α-hetero) is 1. The SMILES string of the molecule is CC(=O)c1c(C)n(CC2CCC(O)CC2)c2ncccc12. The highest BCUT2D eigenvalue weighted by atomic mass is 16.3. The van der Waals surface area contributed by atoms with Gasteiger partial charge in [-0.25, -0.2) is 4.98 Å². The van der Waals surface area contributed by atoms with Gasteiger partial charge in [-0.3, -0.25) is 4.79 Å². The molecule has 4 heteroatoms. The van der Waals surface area contributed by atoms with E-state index < -0.39 is 0 Å². The van der Waals surface area contributed by atoms with E-state index in [2.05, 4.69) is 9.55 Å². The summed E-state index contributed by atoms with van der Waals surface area (Å²) in [6.07, 6.45) is 5.51. The number of hydrogen-bond donors (Lipinski definition) is 1. The molecule has 0 spiro atoms. The van der Waals surface area contributed by atoms with Crippen LogP contribution in [-0.4, -0.2) is 26.5 Å². The van der Waals surface area contributed by atoms with Crippen molar-refractivity contribution in [3.05, 3.63) is 29.6 Å². The molecular formula is C17H22N2O2. The maximum atomic E-state index is 12.0. The smallest absolute Gasteiger partial charge is 0.162 e. The van der Waals surface area contributed by atoms with Crippen LogP contribution in [0.1, 0.15) is 48.7 Å². The summed E-state index contributed by atoms with van der Waals surface area (Å²) < 4.78 is 2.19. The van der Waals surface area contributed by atoms with E-state index in [0.717, 1.165) is 54.5 Å². The molecule has 0 radical (unpaired) electrons. The normalized spacial score (nSPS) is 22.6. The first-order chi connectivity index (χ1) is 10.1. The number of ketones is 1. The fourth-order valence-corrected chi connectivity index (χ4v) is 3.55. The van der Waals surface area contributed by atoms with Gasteiger partial charge < -0.3 is 9.67 Å². The van der Waals surface area contributed by atoms with Crippen molar-refractivity contribution in [2.45, 2.75) is 52.2 Å². The van der Waals surface area contributed by atoms with E-state index in [9.17, 15) is 9.90 Å². The molecule has 0 saturated heterocycles. The highest BCUT2D eigenvalue weighted by molar-refractivity contribution is 6.07. The molecule has 3 rings (SSSR count). The molecule has 0 unspecified atom stereocenters. The molecule has 112 valence electrons. The zero-order chi connectivity index (χ0) is 15.0. The van der Waals surface area contributed by atoms with Gasteiger partial charge in [0.15, 0.2) is 5.78 Å². The van der Waals surface area contributed by atoms with Crippen LogP contribution in [0.15, 0.2) is 18.3 Å². The predicted molar refractivity (Wildman–Crippen MR) is 82.4 cm³/mol. The summed E-state index contributed by atoms with van der Waals surface area (Å²) in [6.45, 7) is 4.52. The third kappa shape index (κ3) is 2.60. The number of nitrogens with zero attached hydrogens (tertiary/aromatic N) is 2. The van der Waals surface area contributed by atoms with Crippen LogP contribution in [-0.2, 0) is 6.54 Å². The van der Waals surface area contributed by atoms with Crippen molar-refractivity contribution in [2.24, 2.45) is 5.92 Å². The van der Waals surface area contributed by atoms with Crippen molar-refractivity contribution in [3.8, 4) is 0 Å². The Morgan fingerprint density at radius 3 is 2.76 bits per heavy atom. The zero-order valence-electron chi connectivity index (χ0n) is 12.7. The largest absolute Gasteiger partial charge is 0.393 e. The summed E-state index contributed by atoms with van der Waals surface area (Å²) in [5, 5.41) is 10.6. The lowest BCUT2D eigenvalue weighted by Crippen LogP contribution is -2.22. The molecule has 0 aliphatic heterocycles. The minimum absolute atomic E-state index is 0.100. The van der Waals surface area contributed by atoms with E-state index in [4.69, 9.17) is 0 Å². The number of aliphatic hydroxyl groups is 1. The van der Waals surface area contributed by atoms with Crippen LogP contribution in [0.4, 0.5) is 0 Å². The zero-order valence-corrected chi connectivity index (χ0v) is 12.7. The van der Waals surface area contributed by atoms with E-state index in [-0.39, 0.29) is 11.9 Å². The maximum Gasteiger partial charge on any atom is 0.162 e. The van der Waals surface area contributed by atoms with E-state index in [1.807, 2.05) is 19.1 Å². The monoisotopic (exact) mass is 286 g/mol. The molecule has 21 heavy (non-hydrogen) atoms. The maximum absolute atomic E-state index is 12.0. The van der Waals surface area contributed by atoms with Crippen LogP contribution in [0.2, 0.25) is 0 Å². The number of hydrogen-bond acceptors (Lipinski definition) is 3. The number of rotatable bonds is 3. The van der Waals surface area contributed by atoms with E-state index in [1.165, 1.54) is 0 Å². The van der Waals surface area contributed by atoms with Gasteiger partial charge in [-0.2, -0.15) is 0 Å². The average Bonchev–Trinajstić information content (AvgIpc) is 2.74. The topological polar surface area (TPSA) is 55.1 Å². The molecular weight excluding hydrogens is 264 g/mol. The summed E-state index contributed by atoms with van der Waals surface area (Å²) in [4.78, 5) is 16.4. The van der Waals surface area contributed by atoms with Crippen LogP contribution < -0.4 is 0 Å². The highest BCUT2D eigenvalue weighted by Gasteiger charge is 2.23. The Balaban J connectivity index is 1.98. The Labute approximate surface area is 124 Å². The first-order valence-corrected chi connectivity index (χ1v) is 7.70. The van der Waals surface area contributed by atoms with Gasteiger partial charge in [0.1, 0.15) is 5.65 Å². The van der Waals surface area contributed by atoms with Crippen LogP contribution >= 0.6 is 0 Å². The van der Waals surface area contributed by atoms with Gasteiger partial charge in [0.25, 0.3) is 0 Å². The molecule has 2 aromatic rings. The number of pyridine rings is 1. The molecule has 0 bridgehead atoms. The second-order valence-electron chi connectivity index (χ2n) is 6.18. The number of carbonyl (C=O) groups excluding carboxylic acids is 1. The van der Waals surface area contributed by atoms with E-state index in [1.54, 1.807) is 13.1 Å². The fraction of sp³-hybridized carbons (Fsp3) is 0.529. The van der Waals surface area contributed by atoms with E-state index in [0.29, 0.717) is 5.92 Å². The molecule has 2 heterocycles. The van der Waals surface area contributed by atoms with Crippen molar-refractivity contribution < 1.29 is 9.90 Å². The average molecular weight is 286 g/mol. The number of aromatic nitrogens is 2. The van der Waals surface area contributed by atoms with Crippen molar-refractivity contribution in [1.82, 2.24) is 9.55 Å². The molecule has 0 aromatic carbocycles. The summed E-state index contributed by atoms with van der Waals surface area (Å²) >= 11 is 0. The van der Waals surface area contributed by atoms with Crippen molar-refractivity contribution in [2.75, 3.05) is 0 Å². The molecule has 1 N–H and O–H groups in total. The second kappa shape index (κ2) is 5.60. The molecule has 0 atom stereocenters. The lowest BCUT2D eigenvalue weighted by atomic mass is 9.87. The van der Waals surface area contributed by atoms with Gasteiger partial charge in [-0.15, -0.1) is 0 Å². The molecule has 1 fully saturated rings. The number of aliphatic hydroxyl groups excluding tert-OH is 1. The summed E-state index contributed by atoms with van der Waals surface area (Å²) in [7, 11) is 0. The van der Waals surface area contributed by atoms with Gasteiger partial charge in [0.2, 0.25) is 0 Å². The van der Waals surface area contributed by atoms with Crippen LogP contribution in [0.5, 0.6) is 0 Å². The third-order valence-corrected chi connectivity index (χ3v) is 4.69.